The summed E-state index contributed by atoms with van der Waals surface area (Å²) >= 11 is 0. The Hall–Kier alpha value is -2.04. The molecule has 5 heteroatoms. The van der Waals surface area contributed by atoms with Gasteiger partial charge in [-0.15, -0.1) is 0 Å². The van der Waals surface area contributed by atoms with E-state index in [0.717, 1.165) is 44.5 Å². The fourth-order valence-electron chi connectivity index (χ4n) is 3.62. The predicted molar refractivity (Wildman–Crippen MR) is 96.2 cm³/mol. The number of rotatable bonds is 3. The van der Waals surface area contributed by atoms with Crippen LogP contribution < -0.4 is 15.5 Å². The lowest BCUT2D eigenvalue weighted by Crippen LogP contribution is -2.41. The molecule has 2 N–H and O–H groups in total. The smallest absolute Gasteiger partial charge is 0.313 e. The van der Waals surface area contributed by atoms with Gasteiger partial charge in [0.25, 0.3) is 0 Å². The lowest BCUT2D eigenvalue weighted by atomic mass is 10.1. The van der Waals surface area contributed by atoms with Gasteiger partial charge in [-0.05, 0) is 43.9 Å². The van der Waals surface area contributed by atoms with Crippen molar-refractivity contribution in [3.8, 4) is 0 Å². The molecule has 0 radical (unpaired) electrons. The Labute approximate surface area is 143 Å². The van der Waals surface area contributed by atoms with Gasteiger partial charge in [-0.3, -0.25) is 9.59 Å². The molecule has 1 heterocycles. The molecule has 3 rings (SSSR count). The van der Waals surface area contributed by atoms with E-state index in [1.165, 1.54) is 25.7 Å². The molecule has 2 aliphatic rings. The second-order valence-electron chi connectivity index (χ2n) is 6.86. The summed E-state index contributed by atoms with van der Waals surface area (Å²) < 4.78 is 0. The summed E-state index contributed by atoms with van der Waals surface area (Å²) in [5.41, 5.74) is 1.79. The summed E-state index contributed by atoms with van der Waals surface area (Å²) in [6, 6.07) is 7.89. The van der Waals surface area contributed by atoms with Gasteiger partial charge in [-0.25, -0.2) is 0 Å². The minimum absolute atomic E-state index is 0.140. The summed E-state index contributed by atoms with van der Waals surface area (Å²) in [4.78, 5) is 26.6. The molecule has 0 unspecified atom stereocenters. The quantitative estimate of drug-likeness (QED) is 0.662. The van der Waals surface area contributed by atoms with Gasteiger partial charge in [0.2, 0.25) is 0 Å². The summed E-state index contributed by atoms with van der Waals surface area (Å²) in [5.74, 6) is -1.09. The maximum Gasteiger partial charge on any atom is 0.313 e. The Morgan fingerprint density at radius 1 is 0.917 bits per heavy atom. The van der Waals surface area contributed by atoms with Crippen LogP contribution in [-0.4, -0.2) is 30.9 Å². The maximum absolute atomic E-state index is 12.2. The monoisotopic (exact) mass is 329 g/mol. The lowest BCUT2D eigenvalue weighted by molar-refractivity contribution is -0.136. The topological polar surface area (TPSA) is 61.4 Å². The van der Waals surface area contributed by atoms with Gasteiger partial charge in [0.1, 0.15) is 0 Å². The number of nitrogens with one attached hydrogen (secondary N) is 2. The van der Waals surface area contributed by atoms with Crippen molar-refractivity contribution in [3.63, 3.8) is 0 Å². The Kier molecular flexibility index (Phi) is 5.72. The van der Waals surface area contributed by atoms with Gasteiger partial charge >= 0.3 is 11.8 Å². The largest absolute Gasteiger partial charge is 0.371 e. The first kappa shape index (κ1) is 16.8. The van der Waals surface area contributed by atoms with E-state index in [2.05, 4.69) is 15.5 Å². The standard InChI is InChI=1S/C19H27N3O2/c23-18(20-15-8-3-1-2-4-9-15)19(24)21-16-10-7-11-17(14-16)22-12-5-6-13-22/h7,10-11,14-15H,1-6,8-9,12-13H2,(H,20,23)(H,21,24). The highest BCUT2D eigenvalue weighted by molar-refractivity contribution is 6.39. The van der Waals surface area contributed by atoms with Crippen molar-refractivity contribution in [1.29, 1.82) is 0 Å². The molecule has 24 heavy (non-hydrogen) atoms. The molecule has 0 aromatic heterocycles. The SMILES string of the molecule is O=C(Nc1cccc(N2CCCC2)c1)C(=O)NC1CCCCCC1. The molecule has 2 amide bonds. The molecule has 1 aliphatic heterocycles. The van der Waals surface area contributed by atoms with Crippen LogP contribution in [-0.2, 0) is 9.59 Å². The predicted octanol–water partition coefficient (Wildman–Crippen LogP) is 3.06. The Morgan fingerprint density at radius 2 is 1.62 bits per heavy atom. The van der Waals surface area contributed by atoms with Crippen LogP contribution in [0.25, 0.3) is 0 Å². The molecular weight excluding hydrogens is 302 g/mol. The molecule has 0 spiro atoms. The molecule has 1 aliphatic carbocycles. The second kappa shape index (κ2) is 8.18. The average molecular weight is 329 g/mol. The molecule has 1 saturated carbocycles. The van der Waals surface area contributed by atoms with Gasteiger partial charge in [-0.1, -0.05) is 31.7 Å². The third kappa shape index (κ3) is 4.49. The average Bonchev–Trinajstić information content (AvgIpc) is 3.01. The van der Waals surface area contributed by atoms with Crippen molar-refractivity contribution in [2.24, 2.45) is 0 Å². The number of hydrogen-bond acceptors (Lipinski definition) is 3. The van der Waals surface area contributed by atoms with Crippen LogP contribution in [0.1, 0.15) is 51.4 Å². The number of anilines is 2. The zero-order chi connectivity index (χ0) is 16.8. The maximum atomic E-state index is 12.2. The first-order valence-electron chi connectivity index (χ1n) is 9.19. The van der Waals surface area contributed by atoms with Crippen molar-refractivity contribution in [2.45, 2.75) is 57.4 Å². The molecule has 0 atom stereocenters. The second-order valence-corrected chi connectivity index (χ2v) is 6.86. The van der Waals surface area contributed by atoms with E-state index >= 15 is 0 Å². The van der Waals surface area contributed by atoms with Crippen LogP contribution in [0, 0.1) is 0 Å². The highest BCUT2D eigenvalue weighted by atomic mass is 16.2. The number of carbonyl (C=O) groups is 2. The fraction of sp³-hybridized carbons (Fsp3) is 0.579. The van der Waals surface area contributed by atoms with E-state index in [-0.39, 0.29) is 6.04 Å². The third-order valence-electron chi connectivity index (χ3n) is 4.97. The van der Waals surface area contributed by atoms with Crippen LogP contribution in [0.2, 0.25) is 0 Å². The van der Waals surface area contributed by atoms with Gasteiger partial charge in [-0.2, -0.15) is 0 Å². The van der Waals surface area contributed by atoms with Crippen molar-refractivity contribution >= 4 is 23.2 Å². The molecule has 0 bridgehead atoms. The summed E-state index contributed by atoms with van der Waals surface area (Å²) in [6.07, 6.45) is 9.08. The minimum atomic E-state index is -0.571. The highest BCUT2D eigenvalue weighted by Gasteiger charge is 2.20. The number of nitrogens with zero attached hydrogens (tertiary/aromatic N) is 1. The molecule has 2 fully saturated rings. The van der Waals surface area contributed by atoms with Crippen LogP contribution in [0.4, 0.5) is 11.4 Å². The van der Waals surface area contributed by atoms with E-state index in [9.17, 15) is 9.59 Å². The van der Waals surface area contributed by atoms with Crippen molar-refractivity contribution < 1.29 is 9.59 Å². The van der Waals surface area contributed by atoms with Crippen LogP contribution in [0.3, 0.4) is 0 Å². The Balaban J connectivity index is 1.55. The van der Waals surface area contributed by atoms with Gasteiger partial charge in [0.05, 0.1) is 0 Å². The number of hydrogen-bond donors (Lipinski definition) is 2. The number of benzene rings is 1. The van der Waals surface area contributed by atoms with E-state index in [4.69, 9.17) is 0 Å². The summed E-state index contributed by atoms with van der Waals surface area (Å²) in [5, 5.41) is 5.62. The van der Waals surface area contributed by atoms with Crippen molar-refractivity contribution in [3.05, 3.63) is 24.3 Å². The van der Waals surface area contributed by atoms with Crippen LogP contribution in [0.15, 0.2) is 24.3 Å². The Morgan fingerprint density at radius 3 is 2.33 bits per heavy atom. The molecule has 1 aromatic carbocycles. The minimum Gasteiger partial charge on any atom is -0.371 e. The highest BCUT2D eigenvalue weighted by Crippen LogP contribution is 2.23. The van der Waals surface area contributed by atoms with Crippen LogP contribution >= 0.6 is 0 Å². The molecule has 5 nitrogen and oxygen atoms in total. The molecule has 130 valence electrons. The molecular formula is C19H27N3O2. The van der Waals surface area contributed by atoms with E-state index in [1.807, 2.05) is 24.3 Å². The van der Waals surface area contributed by atoms with Crippen molar-refractivity contribution in [1.82, 2.24) is 5.32 Å². The van der Waals surface area contributed by atoms with E-state index < -0.39 is 11.8 Å². The zero-order valence-electron chi connectivity index (χ0n) is 14.2. The number of carbonyl (C=O) groups excluding carboxylic acids is 2. The lowest BCUT2D eigenvalue weighted by Gasteiger charge is -2.19. The van der Waals surface area contributed by atoms with Crippen LogP contribution in [0.5, 0.6) is 0 Å². The normalized spacial score (nSPS) is 18.9. The molecule has 1 saturated heterocycles. The molecule has 1 aromatic rings. The fourth-order valence-corrected chi connectivity index (χ4v) is 3.62. The summed E-state index contributed by atoms with van der Waals surface area (Å²) in [6.45, 7) is 2.11. The van der Waals surface area contributed by atoms with Gasteiger partial charge in [0, 0.05) is 30.5 Å². The number of amides is 2. The van der Waals surface area contributed by atoms with E-state index in [1.54, 1.807) is 0 Å². The third-order valence-corrected chi connectivity index (χ3v) is 4.97. The zero-order valence-corrected chi connectivity index (χ0v) is 14.2. The van der Waals surface area contributed by atoms with Gasteiger partial charge < -0.3 is 15.5 Å². The van der Waals surface area contributed by atoms with Gasteiger partial charge in [0.15, 0.2) is 0 Å². The Bertz CT molecular complexity index is 574. The van der Waals surface area contributed by atoms with Crippen molar-refractivity contribution in [2.75, 3.05) is 23.3 Å². The van der Waals surface area contributed by atoms with E-state index in [0.29, 0.717) is 5.69 Å². The summed E-state index contributed by atoms with van der Waals surface area (Å²) in [7, 11) is 0. The first-order valence-corrected chi connectivity index (χ1v) is 9.19. The first-order chi connectivity index (χ1) is 11.7.